The van der Waals surface area contributed by atoms with E-state index in [4.69, 9.17) is 28.0 Å². The van der Waals surface area contributed by atoms with Crippen LogP contribution in [0.4, 0.5) is 0 Å². The molecule has 1 atom stereocenters. The number of hydrogen-bond acceptors (Lipinski definition) is 4. The van der Waals surface area contributed by atoms with Crippen LogP contribution < -0.4 is 0 Å². The van der Waals surface area contributed by atoms with Gasteiger partial charge in [0, 0.05) is 28.5 Å². The van der Waals surface area contributed by atoms with Crippen LogP contribution in [0.2, 0.25) is 10.0 Å². The van der Waals surface area contributed by atoms with Crippen molar-refractivity contribution in [3.05, 3.63) is 63.9 Å². The maximum atomic E-state index is 10.4. The third-order valence-electron chi connectivity index (χ3n) is 2.66. The third kappa shape index (κ3) is 3.28. The van der Waals surface area contributed by atoms with Crippen LogP contribution >= 0.6 is 23.2 Å². The molecule has 6 heteroatoms. The first kappa shape index (κ1) is 14.8. The molecule has 0 saturated heterocycles. The highest BCUT2D eigenvalue weighted by molar-refractivity contribution is 6.37. The molecule has 0 saturated carbocycles. The number of aliphatic hydroxyl groups is 1. The quantitative estimate of drug-likeness (QED) is 0.695. The predicted molar refractivity (Wildman–Crippen MR) is 79.2 cm³/mol. The van der Waals surface area contributed by atoms with E-state index in [0.717, 1.165) is 0 Å². The van der Waals surface area contributed by atoms with E-state index < -0.39 is 6.10 Å². The highest BCUT2D eigenvalue weighted by Crippen LogP contribution is 2.26. The van der Waals surface area contributed by atoms with Gasteiger partial charge in [0.2, 0.25) is 0 Å². The molecule has 1 unspecified atom stereocenters. The largest absolute Gasteiger partial charge is 0.399 e. The molecule has 0 aliphatic heterocycles. The first-order valence-corrected chi connectivity index (χ1v) is 6.53. The van der Waals surface area contributed by atoms with Gasteiger partial charge in [-0.25, -0.2) is 0 Å². The second kappa shape index (κ2) is 6.70. The molecule has 0 radical (unpaired) electrons. The lowest BCUT2D eigenvalue weighted by molar-refractivity contribution is 0.196. The van der Waals surface area contributed by atoms with E-state index in [9.17, 15) is 5.11 Å². The molecule has 0 spiro atoms. The number of aromatic nitrogens is 1. The van der Waals surface area contributed by atoms with E-state index in [-0.39, 0.29) is 0 Å². The summed E-state index contributed by atoms with van der Waals surface area (Å²) in [6.07, 6.45) is 2.18. The molecule has 1 aromatic carbocycles. The van der Waals surface area contributed by atoms with E-state index in [0.29, 0.717) is 26.9 Å². The standard InChI is InChI=1S/C14H12Cl2N2O2/c1-20-18-13(11-5-4-10(15)7-12(11)16)14(19)9-3-2-6-17-8-9/h2-8,14,19H,1H3. The minimum atomic E-state index is -0.998. The van der Waals surface area contributed by atoms with Crippen LogP contribution in [0, 0.1) is 0 Å². The summed E-state index contributed by atoms with van der Waals surface area (Å²) < 4.78 is 0. The van der Waals surface area contributed by atoms with Crippen LogP contribution in [-0.4, -0.2) is 22.9 Å². The number of rotatable bonds is 4. The molecule has 1 N–H and O–H groups in total. The monoisotopic (exact) mass is 310 g/mol. The minimum absolute atomic E-state index is 0.294. The van der Waals surface area contributed by atoms with Crippen molar-refractivity contribution in [2.45, 2.75) is 6.10 Å². The molecule has 104 valence electrons. The second-order valence-electron chi connectivity index (χ2n) is 3.97. The fraction of sp³-hybridized carbons (Fsp3) is 0.143. The van der Waals surface area contributed by atoms with E-state index in [1.165, 1.54) is 7.11 Å². The van der Waals surface area contributed by atoms with Gasteiger partial charge in [-0.3, -0.25) is 4.98 Å². The fourth-order valence-corrected chi connectivity index (χ4v) is 2.24. The van der Waals surface area contributed by atoms with Crippen LogP contribution in [0.1, 0.15) is 17.2 Å². The fourth-order valence-electron chi connectivity index (χ4n) is 1.74. The predicted octanol–water partition coefficient (Wildman–Crippen LogP) is 3.47. The van der Waals surface area contributed by atoms with Crippen molar-refractivity contribution < 1.29 is 9.94 Å². The SMILES string of the molecule is CON=C(c1ccc(Cl)cc1Cl)C(O)c1cccnc1. The number of pyridine rings is 1. The highest BCUT2D eigenvalue weighted by Gasteiger charge is 2.20. The van der Waals surface area contributed by atoms with Crippen molar-refractivity contribution in [2.24, 2.45) is 5.16 Å². The third-order valence-corrected chi connectivity index (χ3v) is 3.20. The summed E-state index contributed by atoms with van der Waals surface area (Å²) in [5, 5.41) is 15.2. The lowest BCUT2D eigenvalue weighted by atomic mass is 10.0. The molecule has 1 aromatic heterocycles. The maximum Gasteiger partial charge on any atom is 0.126 e. The zero-order valence-electron chi connectivity index (χ0n) is 10.6. The van der Waals surface area contributed by atoms with E-state index in [1.807, 2.05) is 0 Å². The van der Waals surface area contributed by atoms with Crippen molar-refractivity contribution in [1.29, 1.82) is 0 Å². The van der Waals surface area contributed by atoms with Crippen LogP contribution in [0.15, 0.2) is 47.9 Å². The number of aliphatic hydroxyl groups excluding tert-OH is 1. The number of hydrogen-bond donors (Lipinski definition) is 1. The Morgan fingerprint density at radius 1 is 1.35 bits per heavy atom. The molecule has 0 aliphatic carbocycles. The van der Waals surface area contributed by atoms with Gasteiger partial charge in [0.05, 0.1) is 5.02 Å². The minimum Gasteiger partial charge on any atom is -0.399 e. The molecule has 2 rings (SSSR count). The van der Waals surface area contributed by atoms with Crippen molar-refractivity contribution >= 4 is 28.9 Å². The van der Waals surface area contributed by atoms with Crippen LogP contribution in [-0.2, 0) is 4.84 Å². The summed E-state index contributed by atoms with van der Waals surface area (Å²) in [4.78, 5) is 8.77. The van der Waals surface area contributed by atoms with Crippen LogP contribution in [0.3, 0.4) is 0 Å². The molecule has 4 nitrogen and oxygen atoms in total. The highest BCUT2D eigenvalue weighted by atomic mass is 35.5. The van der Waals surface area contributed by atoms with Gasteiger partial charge in [0.15, 0.2) is 0 Å². The van der Waals surface area contributed by atoms with Gasteiger partial charge >= 0.3 is 0 Å². The number of halogens is 2. The molecule has 0 bridgehead atoms. The summed E-state index contributed by atoms with van der Waals surface area (Å²) >= 11 is 12.0. The van der Waals surface area contributed by atoms with Gasteiger partial charge in [-0.15, -0.1) is 0 Å². The molecular formula is C14H12Cl2N2O2. The molecule has 0 aliphatic rings. The van der Waals surface area contributed by atoms with Gasteiger partial charge in [-0.05, 0) is 24.3 Å². The number of oxime groups is 1. The summed E-state index contributed by atoms with van der Waals surface area (Å²) in [6.45, 7) is 0. The number of benzene rings is 1. The normalized spacial score (nSPS) is 13.1. The Balaban J connectivity index is 2.44. The lowest BCUT2D eigenvalue weighted by Gasteiger charge is -2.14. The van der Waals surface area contributed by atoms with Crippen molar-refractivity contribution in [3.8, 4) is 0 Å². The Labute approximate surface area is 126 Å². The second-order valence-corrected chi connectivity index (χ2v) is 4.82. The van der Waals surface area contributed by atoms with Gasteiger partial charge in [-0.1, -0.05) is 34.4 Å². The molecule has 20 heavy (non-hydrogen) atoms. The maximum absolute atomic E-state index is 10.4. The number of nitrogens with zero attached hydrogens (tertiary/aromatic N) is 2. The van der Waals surface area contributed by atoms with E-state index in [2.05, 4.69) is 10.1 Å². The van der Waals surface area contributed by atoms with Gasteiger partial charge in [0.1, 0.15) is 18.9 Å². The van der Waals surface area contributed by atoms with Gasteiger partial charge < -0.3 is 9.94 Å². The topological polar surface area (TPSA) is 54.7 Å². The Kier molecular flexibility index (Phi) is 4.95. The van der Waals surface area contributed by atoms with Crippen LogP contribution in [0.5, 0.6) is 0 Å². The summed E-state index contributed by atoms with van der Waals surface area (Å²) in [7, 11) is 1.40. The Bertz CT molecular complexity index is 618. The smallest absolute Gasteiger partial charge is 0.126 e. The first-order valence-electron chi connectivity index (χ1n) is 5.78. The first-order chi connectivity index (χ1) is 9.63. The summed E-state index contributed by atoms with van der Waals surface area (Å²) in [5.74, 6) is 0. The molecular weight excluding hydrogens is 299 g/mol. The summed E-state index contributed by atoms with van der Waals surface area (Å²) in [6, 6.07) is 8.41. The van der Waals surface area contributed by atoms with Crippen molar-refractivity contribution in [2.75, 3.05) is 7.11 Å². The molecule has 0 fully saturated rings. The Morgan fingerprint density at radius 2 is 2.15 bits per heavy atom. The van der Waals surface area contributed by atoms with E-state index in [1.54, 1.807) is 42.7 Å². The molecule has 2 aromatic rings. The zero-order valence-corrected chi connectivity index (χ0v) is 12.1. The average molecular weight is 311 g/mol. The van der Waals surface area contributed by atoms with Crippen LogP contribution in [0.25, 0.3) is 0 Å². The summed E-state index contributed by atoms with van der Waals surface area (Å²) in [5.41, 5.74) is 1.44. The van der Waals surface area contributed by atoms with E-state index >= 15 is 0 Å². The van der Waals surface area contributed by atoms with Gasteiger partial charge in [-0.2, -0.15) is 0 Å². The van der Waals surface area contributed by atoms with Gasteiger partial charge in [0.25, 0.3) is 0 Å². The van der Waals surface area contributed by atoms with Crippen molar-refractivity contribution in [3.63, 3.8) is 0 Å². The Hall–Kier alpha value is -1.62. The zero-order chi connectivity index (χ0) is 14.5. The lowest BCUT2D eigenvalue weighted by Crippen LogP contribution is -2.15. The molecule has 0 amide bonds. The van der Waals surface area contributed by atoms with Crippen molar-refractivity contribution in [1.82, 2.24) is 4.98 Å². The Morgan fingerprint density at radius 3 is 2.75 bits per heavy atom. The molecule has 1 heterocycles. The average Bonchev–Trinajstić information content (AvgIpc) is 2.46.